The van der Waals surface area contributed by atoms with E-state index in [1.165, 1.54) is 23.5 Å². The van der Waals surface area contributed by atoms with E-state index in [0.717, 1.165) is 28.1 Å². The molecule has 0 bridgehead atoms. The third-order valence-corrected chi connectivity index (χ3v) is 5.58. The number of hydrazone groups is 1. The molecule has 1 aromatic heterocycles. The fraction of sp³-hybridized carbons (Fsp3) is 0.0435. The van der Waals surface area contributed by atoms with Crippen LogP contribution in [0.2, 0.25) is 10.0 Å². The van der Waals surface area contributed by atoms with E-state index in [4.69, 9.17) is 27.9 Å². The topological polar surface area (TPSA) is 46.5 Å². The quantitative estimate of drug-likeness (QED) is 0.227. The van der Waals surface area contributed by atoms with Gasteiger partial charge in [0.2, 0.25) is 5.13 Å². The largest absolute Gasteiger partial charge is 0.489 e. The van der Waals surface area contributed by atoms with E-state index in [1.807, 2.05) is 35.7 Å². The van der Waals surface area contributed by atoms with Gasteiger partial charge in [-0.15, -0.1) is 11.3 Å². The molecule has 4 nitrogen and oxygen atoms in total. The average molecular weight is 472 g/mol. The lowest BCUT2D eigenvalue weighted by molar-refractivity contribution is 0.306. The van der Waals surface area contributed by atoms with Gasteiger partial charge >= 0.3 is 0 Å². The molecule has 0 aliphatic rings. The van der Waals surface area contributed by atoms with Crippen LogP contribution in [-0.2, 0) is 6.61 Å². The van der Waals surface area contributed by atoms with Crippen LogP contribution in [0.25, 0.3) is 11.3 Å². The molecule has 0 amide bonds. The molecule has 31 heavy (non-hydrogen) atoms. The Hall–Kier alpha value is -2.93. The zero-order valence-electron chi connectivity index (χ0n) is 16.1. The molecule has 0 aliphatic carbocycles. The van der Waals surface area contributed by atoms with Gasteiger partial charge in [-0.25, -0.2) is 9.37 Å². The molecule has 4 rings (SSSR count). The summed E-state index contributed by atoms with van der Waals surface area (Å²) in [4.78, 5) is 4.50. The number of rotatable bonds is 7. The maximum atomic E-state index is 12.9. The van der Waals surface area contributed by atoms with E-state index in [9.17, 15) is 4.39 Å². The van der Waals surface area contributed by atoms with Crippen molar-refractivity contribution >= 4 is 45.9 Å². The number of hydrogen-bond donors (Lipinski definition) is 1. The fourth-order valence-electron chi connectivity index (χ4n) is 2.71. The Labute approximate surface area is 192 Å². The Bertz CT molecular complexity index is 1190. The van der Waals surface area contributed by atoms with Gasteiger partial charge in [0.25, 0.3) is 0 Å². The molecule has 0 atom stereocenters. The van der Waals surface area contributed by atoms with E-state index in [0.29, 0.717) is 21.8 Å². The van der Waals surface area contributed by atoms with Crippen molar-refractivity contribution in [2.24, 2.45) is 5.10 Å². The molecule has 0 unspecified atom stereocenters. The summed E-state index contributed by atoms with van der Waals surface area (Å²) in [6, 6.07) is 19.0. The Kier molecular flexibility index (Phi) is 6.82. The monoisotopic (exact) mass is 471 g/mol. The van der Waals surface area contributed by atoms with Gasteiger partial charge in [-0.05, 0) is 65.7 Å². The van der Waals surface area contributed by atoms with Crippen molar-refractivity contribution in [2.45, 2.75) is 6.61 Å². The summed E-state index contributed by atoms with van der Waals surface area (Å²) in [5.74, 6) is 0.461. The summed E-state index contributed by atoms with van der Waals surface area (Å²) in [5.41, 5.74) is 6.30. The van der Waals surface area contributed by atoms with Crippen molar-refractivity contribution in [3.8, 4) is 17.0 Å². The van der Waals surface area contributed by atoms with Crippen molar-refractivity contribution < 1.29 is 9.13 Å². The number of thiazole rings is 1. The summed E-state index contributed by atoms with van der Waals surface area (Å²) in [5, 5.41) is 7.91. The van der Waals surface area contributed by atoms with Crippen LogP contribution >= 0.6 is 34.5 Å². The molecular weight excluding hydrogens is 456 g/mol. The average Bonchev–Trinajstić information content (AvgIpc) is 3.23. The summed E-state index contributed by atoms with van der Waals surface area (Å²) >= 11 is 13.6. The molecule has 3 aromatic carbocycles. The van der Waals surface area contributed by atoms with Gasteiger partial charge in [-0.2, -0.15) is 5.10 Å². The Morgan fingerprint density at radius 3 is 2.55 bits per heavy atom. The second-order valence-electron chi connectivity index (χ2n) is 6.52. The minimum absolute atomic E-state index is 0.260. The number of halogens is 3. The first-order chi connectivity index (χ1) is 15.1. The van der Waals surface area contributed by atoms with Gasteiger partial charge in [-0.1, -0.05) is 35.3 Å². The summed E-state index contributed by atoms with van der Waals surface area (Å²) in [7, 11) is 0. The lowest BCUT2D eigenvalue weighted by atomic mass is 10.2. The Morgan fingerprint density at radius 2 is 1.81 bits per heavy atom. The molecular formula is C23H16Cl2FN3OS. The third kappa shape index (κ3) is 5.82. The standard InChI is InChI=1S/C23H16Cl2FN3OS/c24-17-5-10-20(21(25)11-17)22-14-31-23(28-22)29-27-12-15-3-8-19(9-4-15)30-13-16-1-6-18(26)7-2-16/h1-12,14H,13H2,(H,28,29)/b27-12-. The molecule has 0 saturated heterocycles. The normalized spacial score (nSPS) is 11.1. The number of hydrogen-bond acceptors (Lipinski definition) is 5. The van der Waals surface area contributed by atoms with Crippen LogP contribution in [0, 0.1) is 5.82 Å². The van der Waals surface area contributed by atoms with Crippen molar-refractivity contribution in [1.29, 1.82) is 0 Å². The van der Waals surface area contributed by atoms with E-state index < -0.39 is 0 Å². The minimum Gasteiger partial charge on any atom is -0.489 e. The van der Waals surface area contributed by atoms with Crippen LogP contribution in [0.5, 0.6) is 5.75 Å². The molecule has 0 aliphatic heterocycles. The van der Waals surface area contributed by atoms with Gasteiger partial charge < -0.3 is 4.74 Å². The van der Waals surface area contributed by atoms with Crippen LogP contribution in [0.3, 0.4) is 0 Å². The molecule has 4 aromatic rings. The molecule has 1 heterocycles. The molecule has 1 N–H and O–H groups in total. The predicted molar refractivity (Wildman–Crippen MR) is 126 cm³/mol. The summed E-state index contributed by atoms with van der Waals surface area (Å²) in [6.07, 6.45) is 1.69. The first-order valence-electron chi connectivity index (χ1n) is 9.24. The second-order valence-corrected chi connectivity index (χ2v) is 8.22. The highest BCUT2D eigenvalue weighted by Gasteiger charge is 2.08. The first-order valence-corrected chi connectivity index (χ1v) is 10.9. The zero-order chi connectivity index (χ0) is 21.6. The molecule has 0 fully saturated rings. The lowest BCUT2D eigenvalue weighted by Gasteiger charge is -2.06. The van der Waals surface area contributed by atoms with E-state index in [1.54, 1.807) is 30.5 Å². The number of anilines is 1. The smallest absolute Gasteiger partial charge is 0.203 e. The highest BCUT2D eigenvalue weighted by atomic mass is 35.5. The number of nitrogens with one attached hydrogen (secondary N) is 1. The Morgan fingerprint density at radius 1 is 1.03 bits per heavy atom. The maximum absolute atomic E-state index is 12.9. The van der Waals surface area contributed by atoms with Gasteiger partial charge in [0.05, 0.1) is 16.9 Å². The van der Waals surface area contributed by atoms with Crippen LogP contribution < -0.4 is 10.2 Å². The third-order valence-electron chi connectivity index (χ3n) is 4.28. The number of ether oxygens (including phenoxy) is 1. The molecule has 156 valence electrons. The van der Waals surface area contributed by atoms with Crippen LogP contribution in [0.4, 0.5) is 9.52 Å². The van der Waals surface area contributed by atoms with E-state index >= 15 is 0 Å². The van der Waals surface area contributed by atoms with Crippen molar-refractivity contribution in [2.75, 3.05) is 5.43 Å². The van der Waals surface area contributed by atoms with Gasteiger partial charge in [0, 0.05) is 16.0 Å². The van der Waals surface area contributed by atoms with E-state index in [-0.39, 0.29) is 5.82 Å². The first kappa shape index (κ1) is 21.3. The highest BCUT2D eigenvalue weighted by Crippen LogP contribution is 2.32. The number of benzene rings is 3. The number of nitrogens with zero attached hydrogens (tertiary/aromatic N) is 2. The summed E-state index contributed by atoms with van der Waals surface area (Å²) in [6.45, 7) is 0.374. The van der Waals surface area contributed by atoms with Crippen molar-refractivity contribution in [3.63, 3.8) is 0 Å². The van der Waals surface area contributed by atoms with E-state index in [2.05, 4.69) is 15.5 Å². The van der Waals surface area contributed by atoms with Crippen molar-refractivity contribution in [1.82, 2.24) is 4.98 Å². The van der Waals surface area contributed by atoms with Crippen LogP contribution in [0.15, 0.2) is 77.2 Å². The predicted octanol–water partition coefficient (Wildman–Crippen LogP) is 7.28. The molecule has 0 spiro atoms. The lowest BCUT2D eigenvalue weighted by Crippen LogP contribution is -1.96. The van der Waals surface area contributed by atoms with Crippen molar-refractivity contribution in [3.05, 3.63) is 99.1 Å². The maximum Gasteiger partial charge on any atom is 0.203 e. The highest BCUT2D eigenvalue weighted by molar-refractivity contribution is 7.14. The molecule has 8 heteroatoms. The Balaban J connectivity index is 1.32. The second kappa shape index (κ2) is 9.92. The van der Waals surface area contributed by atoms with Gasteiger partial charge in [0.1, 0.15) is 18.2 Å². The number of aromatic nitrogens is 1. The zero-order valence-corrected chi connectivity index (χ0v) is 18.4. The summed E-state index contributed by atoms with van der Waals surface area (Å²) < 4.78 is 18.7. The van der Waals surface area contributed by atoms with Gasteiger partial charge in [-0.3, -0.25) is 5.43 Å². The van der Waals surface area contributed by atoms with Crippen LogP contribution in [-0.4, -0.2) is 11.2 Å². The SMILES string of the molecule is Fc1ccc(COc2ccc(/C=N\Nc3nc(-c4ccc(Cl)cc4Cl)cs3)cc2)cc1. The molecule has 0 radical (unpaired) electrons. The minimum atomic E-state index is -0.260. The van der Waals surface area contributed by atoms with Gasteiger partial charge in [0.15, 0.2) is 0 Å². The molecule has 0 saturated carbocycles. The van der Waals surface area contributed by atoms with Crippen LogP contribution in [0.1, 0.15) is 11.1 Å². The fourth-order valence-corrected chi connectivity index (χ4v) is 3.87.